The maximum absolute atomic E-state index is 12.2. The van der Waals surface area contributed by atoms with Crippen molar-refractivity contribution in [1.82, 2.24) is 9.78 Å². The topological polar surface area (TPSA) is 106 Å². The average Bonchev–Trinajstić information content (AvgIpc) is 3.24. The van der Waals surface area contributed by atoms with Crippen LogP contribution in [0.15, 0.2) is 51.0 Å². The van der Waals surface area contributed by atoms with E-state index in [4.69, 9.17) is 4.42 Å². The Morgan fingerprint density at radius 2 is 1.85 bits per heavy atom. The average molecular weight is 384 g/mol. The summed E-state index contributed by atoms with van der Waals surface area (Å²) in [5, 5.41) is 11.4. The number of hydrogen-bond acceptors (Lipinski definition) is 6. The molecule has 0 spiro atoms. The highest BCUT2D eigenvalue weighted by atomic mass is 32.1. The van der Waals surface area contributed by atoms with Crippen LogP contribution in [-0.4, -0.2) is 21.6 Å². The summed E-state index contributed by atoms with van der Waals surface area (Å²) in [6, 6.07) is 10.4. The van der Waals surface area contributed by atoms with E-state index in [0.29, 0.717) is 11.4 Å². The summed E-state index contributed by atoms with van der Waals surface area (Å²) in [5.74, 6) is -0.744. The second-order valence-corrected chi connectivity index (χ2v) is 7.14. The van der Waals surface area contributed by atoms with E-state index in [1.807, 2.05) is 11.4 Å². The lowest BCUT2D eigenvalue weighted by molar-refractivity contribution is -0.118. The zero-order chi connectivity index (χ0) is 18.8. The number of anilines is 2. The molecule has 3 aromatic rings. The number of benzene rings is 1. The van der Waals surface area contributed by atoms with Gasteiger partial charge in [0.1, 0.15) is 6.54 Å². The molecule has 0 aliphatic heterocycles. The Bertz CT molecular complexity index is 1020. The van der Waals surface area contributed by atoms with Gasteiger partial charge in [0.2, 0.25) is 11.8 Å². The molecule has 8 nitrogen and oxygen atoms in total. The fraction of sp³-hybridized carbons (Fsp3) is 0.222. The molecule has 0 atom stereocenters. The zero-order valence-electron chi connectivity index (χ0n) is 14.2. The van der Waals surface area contributed by atoms with Gasteiger partial charge in [0, 0.05) is 17.3 Å². The molecule has 4 rings (SSSR count). The van der Waals surface area contributed by atoms with Crippen LogP contribution < -0.4 is 16.4 Å². The van der Waals surface area contributed by atoms with Gasteiger partial charge >= 0.3 is 5.76 Å². The number of carbonyl (C=O) groups excluding carboxylic acids is 2. The van der Waals surface area contributed by atoms with Crippen molar-refractivity contribution in [1.29, 1.82) is 0 Å². The van der Waals surface area contributed by atoms with Crippen LogP contribution in [0.1, 0.15) is 12.8 Å². The van der Waals surface area contributed by atoms with Gasteiger partial charge < -0.3 is 15.1 Å². The van der Waals surface area contributed by atoms with Gasteiger partial charge in [0.15, 0.2) is 0 Å². The summed E-state index contributed by atoms with van der Waals surface area (Å²) in [6.45, 7) is -0.256. The molecule has 2 N–H and O–H groups in total. The minimum absolute atomic E-state index is 0.0266. The molecular weight excluding hydrogens is 368 g/mol. The smallest absolute Gasteiger partial charge is 0.387 e. The number of nitrogens with one attached hydrogen (secondary N) is 2. The number of aromatic nitrogens is 2. The standard InChI is InChI=1S/C18H16N4O4S/c23-15(10-22-18(25)26-17(21-22)14-2-1-9-27-14)19-12-5-7-13(8-6-12)20-16(24)11-3-4-11/h1-2,5-9,11H,3-4,10H2,(H,19,23)(H,20,24). The van der Waals surface area contributed by atoms with Gasteiger partial charge in [-0.3, -0.25) is 9.59 Å². The maximum atomic E-state index is 12.2. The SMILES string of the molecule is O=C(Cn1nc(-c2cccs2)oc1=O)Nc1ccc(NC(=O)C2CC2)cc1. The fourth-order valence-electron chi connectivity index (χ4n) is 2.47. The first-order chi connectivity index (χ1) is 13.1. The molecule has 138 valence electrons. The minimum atomic E-state index is -0.688. The number of thiophene rings is 1. The van der Waals surface area contributed by atoms with Crippen molar-refractivity contribution in [3.63, 3.8) is 0 Å². The van der Waals surface area contributed by atoms with E-state index in [2.05, 4.69) is 15.7 Å². The predicted molar refractivity (Wildman–Crippen MR) is 101 cm³/mol. The highest BCUT2D eigenvalue weighted by molar-refractivity contribution is 7.13. The van der Waals surface area contributed by atoms with Crippen LogP contribution in [0.3, 0.4) is 0 Å². The van der Waals surface area contributed by atoms with E-state index >= 15 is 0 Å². The molecule has 27 heavy (non-hydrogen) atoms. The van der Waals surface area contributed by atoms with Gasteiger partial charge in [-0.15, -0.1) is 16.4 Å². The Labute approximate surface area is 157 Å². The van der Waals surface area contributed by atoms with Crippen molar-refractivity contribution in [2.75, 3.05) is 10.6 Å². The second-order valence-electron chi connectivity index (χ2n) is 6.20. The summed E-state index contributed by atoms with van der Waals surface area (Å²) in [6.07, 6.45) is 1.88. The normalized spacial score (nSPS) is 13.3. The fourth-order valence-corrected chi connectivity index (χ4v) is 3.11. The third kappa shape index (κ3) is 4.14. The van der Waals surface area contributed by atoms with Gasteiger partial charge in [0.25, 0.3) is 5.89 Å². The first-order valence-electron chi connectivity index (χ1n) is 8.41. The summed E-state index contributed by atoms with van der Waals surface area (Å²) in [4.78, 5) is 36.5. The molecule has 0 bridgehead atoms. The van der Waals surface area contributed by atoms with E-state index in [1.165, 1.54) is 11.3 Å². The quantitative estimate of drug-likeness (QED) is 0.679. The van der Waals surface area contributed by atoms with Gasteiger partial charge in [-0.25, -0.2) is 4.79 Å². The largest absolute Gasteiger partial charge is 0.437 e. The van der Waals surface area contributed by atoms with Crippen LogP contribution in [-0.2, 0) is 16.1 Å². The van der Waals surface area contributed by atoms with Gasteiger partial charge in [-0.2, -0.15) is 4.68 Å². The predicted octanol–water partition coefficient (Wildman–Crippen LogP) is 2.55. The van der Waals surface area contributed by atoms with Crippen LogP contribution >= 0.6 is 11.3 Å². The Hall–Kier alpha value is -3.20. The highest BCUT2D eigenvalue weighted by Gasteiger charge is 2.29. The minimum Gasteiger partial charge on any atom is -0.387 e. The van der Waals surface area contributed by atoms with Crippen LogP contribution in [0.5, 0.6) is 0 Å². The maximum Gasteiger partial charge on any atom is 0.437 e. The van der Waals surface area contributed by atoms with E-state index in [9.17, 15) is 14.4 Å². The highest BCUT2D eigenvalue weighted by Crippen LogP contribution is 2.30. The van der Waals surface area contributed by atoms with Crippen LogP contribution in [0, 0.1) is 5.92 Å². The lowest BCUT2D eigenvalue weighted by Gasteiger charge is -2.07. The van der Waals surface area contributed by atoms with E-state index in [-0.39, 0.29) is 24.3 Å². The number of rotatable bonds is 6. The van der Waals surface area contributed by atoms with Crippen LogP contribution in [0.4, 0.5) is 11.4 Å². The van der Waals surface area contributed by atoms with Gasteiger partial charge in [0.05, 0.1) is 4.88 Å². The summed E-state index contributed by atoms with van der Waals surface area (Å²) < 4.78 is 6.05. The Balaban J connectivity index is 1.36. The molecular formula is C18H16N4O4S. The van der Waals surface area contributed by atoms with E-state index in [1.54, 1.807) is 30.3 Å². The molecule has 1 aromatic carbocycles. The monoisotopic (exact) mass is 384 g/mol. The second kappa shape index (κ2) is 7.20. The zero-order valence-corrected chi connectivity index (χ0v) is 15.0. The summed E-state index contributed by atoms with van der Waals surface area (Å²) >= 11 is 1.39. The van der Waals surface area contributed by atoms with Crippen molar-refractivity contribution in [3.8, 4) is 10.8 Å². The lowest BCUT2D eigenvalue weighted by Crippen LogP contribution is -2.25. The molecule has 1 saturated carbocycles. The third-order valence-electron chi connectivity index (χ3n) is 4.02. The van der Waals surface area contributed by atoms with Crippen molar-refractivity contribution < 1.29 is 14.0 Å². The third-order valence-corrected chi connectivity index (χ3v) is 4.87. The summed E-state index contributed by atoms with van der Waals surface area (Å²) in [5.41, 5.74) is 1.23. The molecule has 9 heteroatoms. The first kappa shape index (κ1) is 17.2. The first-order valence-corrected chi connectivity index (χ1v) is 9.29. The molecule has 0 radical (unpaired) electrons. The molecule has 2 aromatic heterocycles. The van der Waals surface area contributed by atoms with Crippen LogP contribution in [0.2, 0.25) is 0 Å². The van der Waals surface area contributed by atoms with Crippen LogP contribution in [0.25, 0.3) is 10.8 Å². The van der Waals surface area contributed by atoms with Gasteiger partial charge in [-0.05, 0) is 48.6 Å². The number of nitrogens with zero attached hydrogens (tertiary/aromatic N) is 2. The van der Waals surface area contributed by atoms with E-state index < -0.39 is 11.7 Å². The van der Waals surface area contributed by atoms with Crippen molar-refractivity contribution in [2.24, 2.45) is 5.92 Å². The number of hydrogen-bond donors (Lipinski definition) is 2. The van der Waals surface area contributed by atoms with Crippen molar-refractivity contribution in [2.45, 2.75) is 19.4 Å². The van der Waals surface area contributed by atoms with Gasteiger partial charge in [-0.1, -0.05) is 6.07 Å². The van der Waals surface area contributed by atoms with E-state index in [0.717, 1.165) is 22.4 Å². The number of amides is 2. The molecule has 0 unspecified atom stereocenters. The van der Waals surface area contributed by atoms with Crippen molar-refractivity contribution in [3.05, 3.63) is 52.3 Å². The number of carbonyl (C=O) groups is 2. The Morgan fingerprint density at radius 1 is 1.15 bits per heavy atom. The molecule has 1 fully saturated rings. The van der Waals surface area contributed by atoms with Crippen molar-refractivity contribution >= 4 is 34.5 Å². The molecule has 1 aliphatic carbocycles. The Morgan fingerprint density at radius 3 is 2.48 bits per heavy atom. The lowest BCUT2D eigenvalue weighted by atomic mass is 10.2. The summed E-state index contributed by atoms with van der Waals surface area (Å²) in [7, 11) is 0. The Kier molecular flexibility index (Phi) is 4.59. The molecule has 0 saturated heterocycles. The molecule has 2 heterocycles. The molecule has 2 amide bonds. The molecule has 1 aliphatic rings.